The van der Waals surface area contributed by atoms with E-state index in [4.69, 9.17) is 9.05 Å². The zero-order valence-corrected chi connectivity index (χ0v) is 41.0. The minimum absolute atomic E-state index is 0.0178. The molecule has 0 radical (unpaired) electrons. The number of rotatable bonds is 44. The molecule has 9 heteroatoms. The van der Waals surface area contributed by atoms with Gasteiger partial charge in [0.15, 0.2) is 0 Å². The van der Waals surface area contributed by atoms with Crippen molar-refractivity contribution in [3.8, 4) is 0 Å². The lowest BCUT2D eigenvalue weighted by atomic mass is 10.0. The lowest BCUT2D eigenvalue weighted by Gasteiger charge is -2.29. The molecule has 0 heterocycles. The van der Waals surface area contributed by atoms with E-state index in [1.54, 1.807) is 6.08 Å². The van der Waals surface area contributed by atoms with E-state index >= 15 is 0 Å². The number of aliphatic hydroxyl groups excluding tert-OH is 1. The number of carbonyl (C=O) groups is 1. The fourth-order valence-corrected chi connectivity index (χ4v) is 7.47. The lowest BCUT2D eigenvalue weighted by Crippen LogP contribution is -2.45. The molecule has 1 amide bonds. The molecule has 0 aliphatic rings. The van der Waals surface area contributed by atoms with E-state index in [2.05, 4.69) is 79.9 Å². The van der Waals surface area contributed by atoms with Crippen molar-refractivity contribution in [1.29, 1.82) is 0 Å². The summed E-state index contributed by atoms with van der Waals surface area (Å²) in [6, 6.07) is -0.928. The van der Waals surface area contributed by atoms with E-state index in [-0.39, 0.29) is 18.9 Å². The fourth-order valence-electron chi connectivity index (χ4n) is 6.75. The number of allylic oxidation sites excluding steroid dienone is 11. The predicted molar refractivity (Wildman–Crippen MR) is 260 cm³/mol. The van der Waals surface area contributed by atoms with Crippen molar-refractivity contribution < 1.29 is 32.9 Å². The maximum absolute atomic E-state index is 12.9. The van der Waals surface area contributed by atoms with Gasteiger partial charge in [0.25, 0.3) is 7.82 Å². The first-order chi connectivity index (χ1) is 29.5. The van der Waals surface area contributed by atoms with Crippen LogP contribution < -0.4 is 10.2 Å². The van der Waals surface area contributed by atoms with Gasteiger partial charge in [0.1, 0.15) is 13.2 Å². The molecule has 0 saturated carbocycles. The minimum Gasteiger partial charge on any atom is -0.756 e. The van der Waals surface area contributed by atoms with Gasteiger partial charge in [-0.15, -0.1) is 0 Å². The van der Waals surface area contributed by atoms with Crippen LogP contribution in [0.15, 0.2) is 72.9 Å². The highest BCUT2D eigenvalue weighted by Crippen LogP contribution is 2.38. The van der Waals surface area contributed by atoms with Gasteiger partial charge >= 0.3 is 0 Å². The molecule has 0 bridgehead atoms. The highest BCUT2D eigenvalue weighted by atomic mass is 31.2. The third kappa shape index (κ3) is 45.8. The van der Waals surface area contributed by atoms with E-state index in [1.165, 1.54) is 116 Å². The Kier molecular flexibility index (Phi) is 41.7. The highest BCUT2D eigenvalue weighted by molar-refractivity contribution is 7.45. The van der Waals surface area contributed by atoms with Crippen LogP contribution in [0.25, 0.3) is 0 Å². The summed E-state index contributed by atoms with van der Waals surface area (Å²) in [6.45, 7) is 4.47. The molecule has 0 saturated heterocycles. The van der Waals surface area contributed by atoms with Gasteiger partial charge in [0.2, 0.25) is 5.91 Å². The molecular formula is C52H95N2O6P. The van der Waals surface area contributed by atoms with Crippen molar-refractivity contribution in [3.63, 3.8) is 0 Å². The van der Waals surface area contributed by atoms with Crippen LogP contribution in [0.5, 0.6) is 0 Å². The molecule has 0 aromatic carbocycles. The number of hydrogen-bond donors (Lipinski definition) is 2. The van der Waals surface area contributed by atoms with Crippen molar-refractivity contribution in [2.24, 2.45) is 0 Å². The molecule has 8 nitrogen and oxygen atoms in total. The van der Waals surface area contributed by atoms with Gasteiger partial charge < -0.3 is 28.8 Å². The molecule has 3 atom stereocenters. The highest BCUT2D eigenvalue weighted by Gasteiger charge is 2.23. The number of phosphoric ester groups is 1. The Balaban J connectivity index is 4.40. The first-order valence-electron chi connectivity index (χ1n) is 24.8. The van der Waals surface area contributed by atoms with E-state index < -0.39 is 26.6 Å². The summed E-state index contributed by atoms with van der Waals surface area (Å²) < 4.78 is 23.2. The Hall–Kier alpha value is -2.06. The van der Waals surface area contributed by atoms with Gasteiger partial charge in [0, 0.05) is 6.42 Å². The van der Waals surface area contributed by atoms with Crippen molar-refractivity contribution in [3.05, 3.63) is 72.9 Å². The molecule has 0 fully saturated rings. The summed E-state index contributed by atoms with van der Waals surface area (Å²) in [6.07, 6.45) is 58.3. The van der Waals surface area contributed by atoms with E-state index in [0.29, 0.717) is 17.4 Å². The first-order valence-corrected chi connectivity index (χ1v) is 26.3. The number of unbranched alkanes of at least 4 members (excludes halogenated alkanes) is 21. The van der Waals surface area contributed by atoms with Crippen LogP contribution in [0.1, 0.15) is 200 Å². The number of nitrogens with zero attached hydrogens (tertiary/aromatic N) is 1. The number of carbonyl (C=O) groups excluding carboxylic acids is 1. The molecule has 0 aromatic heterocycles. The number of hydrogen-bond acceptors (Lipinski definition) is 6. The summed E-state index contributed by atoms with van der Waals surface area (Å²) >= 11 is 0. The van der Waals surface area contributed by atoms with Crippen LogP contribution in [-0.4, -0.2) is 68.5 Å². The Morgan fingerprint density at radius 2 is 1.02 bits per heavy atom. The fraction of sp³-hybridized carbons (Fsp3) is 0.750. The van der Waals surface area contributed by atoms with Gasteiger partial charge in [-0.2, -0.15) is 0 Å². The lowest BCUT2D eigenvalue weighted by molar-refractivity contribution is -0.870. The SMILES string of the molecule is CC/C=C\C/C=C\C/C=C\C/C=C\CCCCC(=O)NC(COP(=O)([O-])OCC[N+](C)(C)C)C(O)/C=C/CC/C=C/CCCCCCCCCCCCCCCCCCCC. The smallest absolute Gasteiger partial charge is 0.268 e. The average molecular weight is 875 g/mol. The summed E-state index contributed by atoms with van der Waals surface area (Å²) in [5.74, 6) is -0.250. The third-order valence-electron chi connectivity index (χ3n) is 10.7. The Morgan fingerprint density at radius 3 is 1.52 bits per heavy atom. The zero-order valence-electron chi connectivity index (χ0n) is 40.1. The number of nitrogens with one attached hydrogen (secondary N) is 1. The quantitative estimate of drug-likeness (QED) is 0.0273. The summed E-state index contributed by atoms with van der Waals surface area (Å²) in [7, 11) is 1.21. The molecule has 0 rings (SSSR count). The van der Waals surface area contributed by atoms with Crippen LogP contribution in [0.3, 0.4) is 0 Å². The van der Waals surface area contributed by atoms with E-state index in [0.717, 1.165) is 57.8 Å². The van der Waals surface area contributed by atoms with Crippen molar-refractivity contribution in [2.75, 3.05) is 40.9 Å². The van der Waals surface area contributed by atoms with Crippen molar-refractivity contribution in [1.82, 2.24) is 5.32 Å². The number of likely N-dealkylation sites (N-methyl/N-ethyl adjacent to an activating group) is 1. The summed E-state index contributed by atoms with van der Waals surface area (Å²) in [4.78, 5) is 25.3. The molecule has 0 aromatic rings. The molecule has 3 unspecified atom stereocenters. The monoisotopic (exact) mass is 875 g/mol. The van der Waals surface area contributed by atoms with Gasteiger partial charge in [-0.3, -0.25) is 9.36 Å². The van der Waals surface area contributed by atoms with Crippen LogP contribution in [-0.2, 0) is 18.4 Å². The maximum Gasteiger partial charge on any atom is 0.268 e. The molecule has 61 heavy (non-hydrogen) atoms. The van der Waals surface area contributed by atoms with E-state index in [9.17, 15) is 19.4 Å². The van der Waals surface area contributed by atoms with Crippen LogP contribution in [0.4, 0.5) is 0 Å². The second-order valence-corrected chi connectivity index (χ2v) is 19.2. The van der Waals surface area contributed by atoms with Crippen LogP contribution in [0, 0.1) is 0 Å². The first kappa shape index (κ1) is 58.9. The molecule has 0 spiro atoms. The molecule has 0 aliphatic carbocycles. The molecule has 2 N–H and O–H groups in total. The minimum atomic E-state index is -4.61. The second kappa shape index (κ2) is 43.2. The van der Waals surface area contributed by atoms with E-state index in [1.807, 2.05) is 27.2 Å². The topological polar surface area (TPSA) is 108 Å². The average Bonchev–Trinajstić information content (AvgIpc) is 3.21. The molecular weight excluding hydrogens is 780 g/mol. The van der Waals surface area contributed by atoms with Gasteiger partial charge in [-0.25, -0.2) is 0 Å². The number of quaternary nitrogens is 1. The van der Waals surface area contributed by atoms with Gasteiger partial charge in [-0.05, 0) is 70.6 Å². The summed E-state index contributed by atoms with van der Waals surface area (Å²) in [5, 5.41) is 13.8. The number of aliphatic hydroxyl groups is 1. The van der Waals surface area contributed by atoms with Crippen molar-refractivity contribution in [2.45, 2.75) is 212 Å². The summed E-state index contributed by atoms with van der Waals surface area (Å²) in [5.41, 5.74) is 0. The largest absolute Gasteiger partial charge is 0.756 e. The Bertz CT molecular complexity index is 1220. The third-order valence-corrected chi connectivity index (χ3v) is 11.6. The van der Waals surface area contributed by atoms with Crippen molar-refractivity contribution >= 4 is 13.7 Å². The standard InChI is InChI=1S/C52H95N2O6P/c1-6-8-10-12-14-16-18-20-22-23-24-25-26-27-28-29-30-32-33-35-37-39-41-43-45-51(55)50(49-60-61(57,58)59-48-47-54(3,4)5)53-52(56)46-44-42-40-38-36-34-31-21-19-17-15-13-11-9-7-2/h9,11,15,17,21,31,35-38,43,45,50-51,55H,6-8,10,12-14,16,18-20,22-30,32-34,39-42,44,46-49H2,1-5H3,(H-,53,56,57,58)/b11-9-,17-15-,31-21-,37-35+,38-36-,45-43+. The normalized spacial score (nSPS) is 14.8. The van der Waals surface area contributed by atoms with Gasteiger partial charge in [-0.1, -0.05) is 196 Å². The van der Waals surface area contributed by atoms with Crippen LogP contribution >= 0.6 is 7.82 Å². The second-order valence-electron chi connectivity index (χ2n) is 17.8. The Morgan fingerprint density at radius 1 is 0.590 bits per heavy atom. The Labute approximate surface area is 376 Å². The molecule has 354 valence electrons. The number of amides is 1. The number of phosphoric acid groups is 1. The van der Waals surface area contributed by atoms with Crippen LogP contribution in [0.2, 0.25) is 0 Å². The van der Waals surface area contributed by atoms with Gasteiger partial charge in [0.05, 0.1) is 39.9 Å². The zero-order chi connectivity index (χ0) is 45.0. The predicted octanol–water partition coefficient (Wildman–Crippen LogP) is 13.7. The molecule has 0 aliphatic heterocycles. The maximum atomic E-state index is 12.9.